The molecule has 0 amide bonds. The number of nitrogens with zero attached hydrogens (tertiary/aromatic N) is 4. The van der Waals surface area contributed by atoms with Crippen LogP contribution in [0.25, 0.3) is 0 Å². The molecule has 10 heteroatoms. The van der Waals surface area contributed by atoms with Gasteiger partial charge in [0.05, 0.1) is 6.61 Å². The van der Waals surface area contributed by atoms with E-state index < -0.39 is 11.6 Å². The molecule has 2 saturated heterocycles. The molecule has 7 nitrogen and oxygen atoms in total. The fourth-order valence-corrected chi connectivity index (χ4v) is 4.09. The molecule has 2 fully saturated rings. The van der Waals surface area contributed by atoms with Crippen molar-refractivity contribution in [1.29, 1.82) is 0 Å². The van der Waals surface area contributed by atoms with E-state index in [2.05, 4.69) is 26.0 Å². The number of rotatable bonds is 7. The molecule has 3 heterocycles. The van der Waals surface area contributed by atoms with Crippen molar-refractivity contribution >= 4 is 27.6 Å². The molecule has 2 unspecified atom stereocenters. The maximum absolute atomic E-state index is 14.7. The lowest BCUT2D eigenvalue weighted by Crippen LogP contribution is -2.32. The zero-order valence-corrected chi connectivity index (χ0v) is 18.2. The zero-order chi connectivity index (χ0) is 20.9. The number of anilines is 2. The summed E-state index contributed by atoms with van der Waals surface area (Å²) in [5.41, 5.74) is -0.192. The standard InChI is InChI=1S/C20H25BrF2N4O3/c21-19-24-20(27(25-19)16-8-1-3-11-28-16)26(18-14(22)6-5-7-15(18)23)10-13-30-17-9-2-4-12-29-17/h5-7,16-17H,1-4,8-13H2. The first-order valence-corrected chi connectivity index (χ1v) is 11.1. The Balaban J connectivity index is 1.62. The summed E-state index contributed by atoms with van der Waals surface area (Å²) in [5.74, 6) is -1.07. The van der Waals surface area contributed by atoms with E-state index in [1.54, 1.807) is 4.68 Å². The van der Waals surface area contributed by atoms with Crippen LogP contribution >= 0.6 is 15.9 Å². The van der Waals surface area contributed by atoms with Gasteiger partial charge in [0, 0.05) is 19.8 Å². The topological polar surface area (TPSA) is 61.6 Å². The second-order valence-electron chi connectivity index (χ2n) is 7.34. The molecule has 2 aromatic rings. The quantitative estimate of drug-likeness (QED) is 0.565. The summed E-state index contributed by atoms with van der Waals surface area (Å²) < 4.78 is 48.6. The van der Waals surface area contributed by atoms with Crippen LogP contribution in [-0.2, 0) is 14.2 Å². The number of ether oxygens (including phenoxy) is 3. The van der Waals surface area contributed by atoms with Gasteiger partial charge in [-0.2, -0.15) is 4.98 Å². The number of hydrogen-bond acceptors (Lipinski definition) is 6. The minimum atomic E-state index is -0.681. The summed E-state index contributed by atoms with van der Waals surface area (Å²) in [4.78, 5) is 5.87. The molecule has 0 bridgehead atoms. The highest BCUT2D eigenvalue weighted by molar-refractivity contribution is 9.10. The molecular formula is C20H25BrF2N4O3. The van der Waals surface area contributed by atoms with E-state index in [-0.39, 0.29) is 31.4 Å². The first-order valence-electron chi connectivity index (χ1n) is 10.3. The fraction of sp³-hybridized carbons (Fsp3) is 0.600. The van der Waals surface area contributed by atoms with Crippen LogP contribution in [0.1, 0.15) is 44.8 Å². The lowest BCUT2D eigenvalue weighted by Gasteiger charge is -2.29. The maximum Gasteiger partial charge on any atom is 0.232 e. The molecule has 2 aliphatic heterocycles. The van der Waals surface area contributed by atoms with E-state index in [1.165, 1.54) is 23.1 Å². The molecule has 0 radical (unpaired) electrons. The van der Waals surface area contributed by atoms with Crippen LogP contribution in [0, 0.1) is 11.6 Å². The summed E-state index contributed by atoms with van der Waals surface area (Å²) in [6, 6.07) is 3.79. The Labute approximate surface area is 182 Å². The van der Waals surface area contributed by atoms with Gasteiger partial charge >= 0.3 is 0 Å². The SMILES string of the molecule is Fc1cccc(F)c1N(CCOC1CCCCO1)c1nc(Br)nn1C1CCCCO1. The van der Waals surface area contributed by atoms with E-state index in [4.69, 9.17) is 14.2 Å². The summed E-state index contributed by atoms with van der Waals surface area (Å²) in [6.07, 6.45) is 4.95. The second kappa shape index (κ2) is 10.1. The normalized spacial score (nSPS) is 22.2. The lowest BCUT2D eigenvalue weighted by molar-refractivity contribution is -0.160. The van der Waals surface area contributed by atoms with Crippen LogP contribution in [0.5, 0.6) is 0 Å². The van der Waals surface area contributed by atoms with Gasteiger partial charge in [-0.1, -0.05) is 6.07 Å². The van der Waals surface area contributed by atoms with Gasteiger partial charge in [-0.05, 0) is 66.6 Å². The largest absolute Gasteiger partial charge is 0.356 e. The summed E-state index contributed by atoms with van der Waals surface area (Å²) in [6.45, 7) is 1.67. The first kappa shape index (κ1) is 21.6. The molecule has 0 spiro atoms. The highest BCUT2D eigenvalue weighted by Gasteiger charge is 2.28. The number of para-hydroxylation sites is 1. The Bertz CT molecular complexity index is 821. The Morgan fingerprint density at radius 1 is 1.10 bits per heavy atom. The van der Waals surface area contributed by atoms with E-state index in [9.17, 15) is 8.78 Å². The van der Waals surface area contributed by atoms with Crippen molar-refractivity contribution in [2.45, 2.75) is 51.0 Å². The van der Waals surface area contributed by atoms with Crippen LogP contribution in [0.2, 0.25) is 0 Å². The molecule has 1 aromatic heterocycles. The third-order valence-corrected chi connectivity index (χ3v) is 5.56. The smallest absolute Gasteiger partial charge is 0.232 e. The number of aromatic nitrogens is 3. The summed E-state index contributed by atoms with van der Waals surface area (Å²) in [7, 11) is 0. The first-order chi connectivity index (χ1) is 14.6. The van der Waals surface area contributed by atoms with Gasteiger partial charge in [-0.25, -0.2) is 13.5 Å². The summed E-state index contributed by atoms with van der Waals surface area (Å²) >= 11 is 3.29. The van der Waals surface area contributed by atoms with Gasteiger partial charge in [0.1, 0.15) is 17.3 Å². The molecule has 2 aliphatic rings. The molecular weight excluding hydrogens is 462 g/mol. The number of benzene rings is 1. The second-order valence-corrected chi connectivity index (χ2v) is 8.04. The van der Waals surface area contributed by atoms with Crippen molar-refractivity contribution < 1.29 is 23.0 Å². The molecule has 2 atom stereocenters. The van der Waals surface area contributed by atoms with E-state index >= 15 is 0 Å². The molecule has 0 N–H and O–H groups in total. The average molecular weight is 487 g/mol. The van der Waals surface area contributed by atoms with Gasteiger partial charge in [-0.3, -0.25) is 0 Å². The van der Waals surface area contributed by atoms with Crippen molar-refractivity contribution in [2.24, 2.45) is 0 Å². The van der Waals surface area contributed by atoms with Crippen LogP contribution in [0.3, 0.4) is 0 Å². The average Bonchev–Trinajstić information content (AvgIpc) is 3.15. The fourth-order valence-electron chi connectivity index (χ4n) is 3.76. The maximum atomic E-state index is 14.7. The minimum Gasteiger partial charge on any atom is -0.356 e. The molecule has 1 aromatic carbocycles. The molecule has 0 saturated carbocycles. The van der Waals surface area contributed by atoms with Gasteiger partial charge < -0.3 is 19.1 Å². The van der Waals surface area contributed by atoms with Crippen LogP contribution < -0.4 is 4.90 Å². The van der Waals surface area contributed by atoms with Gasteiger partial charge in [0.15, 0.2) is 12.5 Å². The van der Waals surface area contributed by atoms with E-state index in [1.807, 2.05) is 0 Å². The Morgan fingerprint density at radius 2 is 1.83 bits per heavy atom. The van der Waals surface area contributed by atoms with Gasteiger partial charge in [-0.15, -0.1) is 5.10 Å². The van der Waals surface area contributed by atoms with Crippen LogP contribution in [0.4, 0.5) is 20.4 Å². The molecule has 164 valence electrons. The third kappa shape index (κ3) is 4.99. The van der Waals surface area contributed by atoms with Gasteiger partial charge in [0.2, 0.25) is 10.7 Å². The van der Waals surface area contributed by atoms with E-state index in [0.29, 0.717) is 23.9 Å². The molecule has 30 heavy (non-hydrogen) atoms. The molecule has 0 aliphatic carbocycles. The predicted molar refractivity (Wildman–Crippen MR) is 109 cm³/mol. The Kier molecular flexibility index (Phi) is 7.29. The zero-order valence-electron chi connectivity index (χ0n) is 16.6. The Hall–Kier alpha value is -1.62. The lowest BCUT2D eigenvalue weighted by atomic mass is 10.2. The minimum absolute atomic E-state index is 0.176. The van der Waals surface area contributed by atoms with Crippen LogP contribution in [-0.4, -0.2) is 47.4 Å². The van der Waals surface area contributed by atoms with E-state index in [0.717, 1.165) is 38.5 Å². The van der Waals surface area contributed by atoms with Crippen molar-refractivity contribution in [3.63, 3.8) is 0 Å². The van der Waals surface area contributed by atoms with Crippen molar-refractivity contribution in [1.82, 2.24) is 14.8 Å². The molecule has 4 rings (SSSR count). The summed E-state index contributed by atoms with van der Waals surface area (Å²) in [5, 5.41) is 4.38. The van der Waals surface area contributed by atoms with Crippen molar-refractivity contribution in [3.05, 3.63) is 34.6 Å². The highest BCUT2D eigenvalue weighted by atomic mass is 79.9. The highest BCUT2D eigenvalue weighted by Crippen LogP contribution is 2.34. The van der Waals surface area contributed by atoms with Crippen molar-refractivity contribution in [3.8, 4) is 0 Å². The van der Waals surface area contributed by atoms with Crippen LogP contribution in [0.15, 0.2) is 22.9 Å². The van der Waals surface area contributed by atoms with Crippen molar-refractivity contribution in [2.75, 3.05) is 31.3 Å². The Morgan fingerprint density at radius 3 is 2.50 bits per heavy atom. The third-order valence-electron chi connectivity index (χ3n) is 5.22. The number of halogens is 3. The monoisotopic (exact) mass is 486 g/mol. The van der Waals surface area contributed by atoms with Gasteiger partial charge in [0.25, 0.3) is 0 Å². The number of hydrogen-bond donors (Lipinski definition) is 0. The predicted octanol–water partition coefficient (Wildman–Crippen LogP) is 4.70.